The summed E-state index contributed by atoms with van der Waals surface area (Å²) in [5.74, 6) is 0.519. The lowest BCUT2D eigenvalue weighted by Crippen LogP contribution is -2.27. The van der Waals surface area contributed by atoms with Gasteiger partial charge in [0.15, 0.2) is 5.76 Å². The van der Waals surface area contributed by atoms with Crippen LogP contribution in [0.5, 0.6) is 0 Å². The van der Waals surface area contributed by atoms with Crippen LogP contribution < -0.4 is 4.72 Å². The number of aryl methyl sites for hydroxylation is 2. The molecule has 6 nitrogen and oxygen atoms in total. The molecule has 1 aromatic heterocycles. The Morgan fingerprint density at radius 2 is 1.69 bits per heavy atom. The third kappa shape index (κ3) is 6.58. The quantitative estimate of drug-likeness (QED) is 0.387. The molecule has 172 valence electrons. The van der Waals surface area contributed by atoms with Gasteiger partial charge in [-0.1, -0.05) is 79.1 Å². The fourth-order valence-electron chi connectivity index (χ4n) is 3.56. The van der Waals surface area contributed by atoms with Crippen LogP contribution in [0.15, 0.2) is 59.1 Å². The van der Waals surface area contributed by atoms with Gasteiger partial charge in [-0.05, 0) is 44.1 Å². The van der Waals surface area contributed by atoms with E-state index in [1.807, 2.05) is 42.5 Å². The Morgan fingerprint density at radius 3 is 2.38 bits per heavy atom. The van der Waals surface area contributed by atoms with Crippen molar-refractivity contribution in [3.05, 3.63) is 70.9 Å². The third-order valence-corrected chi connectivity index (χ3v) is 7.09. The van der Waals surface area contributed by atoms with Crippen molar-refractivity contribution in [3.8, 4) is 11.3 Å². The highest BCUT2D eigenvalue weighted by atomic mass is 35.5. The molecule has 0 fully saturated rings. The summed E-state index contributed by atoms with van der Waals surface area (Å²) in [4.78, 5) is 2.20. The molecule has 3 aromatic rings. The Bertz CT molecular complexity index is 1100. The molecule has 1 N–H and O–H groups in total. The summed E-state index contributed by atoms with van der Waals surface area (Å²) in [5.41, 5.74) is 2.55. The van der Waals surface area contributed by atoms with Crippen molar-refractivity contribution >= 4 is 27.3 Å². The van der Waals surface area contributed by atoms with Gasteiger partial charge in [0.25, 0.3) is 0 Å². The summed E-state index contributed by atoms with van der Waals surface area (Å²) in [7, 11) is -3.59. The van der Waals surface area contributed by atoms with E-state index in [1.54, 1.807) is 12.1 Å². The number of aromatic nitrogens is 1. The monoisotopic (exact) mass is 475 g/mol. The van der Waals surface area contributed by atoms with Crippen LogP contribution in [0, 0.1) is 0 Å². The standard InChI is InChI=1S/C24H30ClN3O3S/c1-3-28(4-2)17-10-18-32(29,30)27-24-22(16-15-19-11-6-5-7-12-19)31-26-23(24)20-13-8-9-14-21(20)25/h5-9,11-14,27H,3-4,10,15-18H2,1-2H3. The molecule has 0 aliphatic carbocycles. The first-order valence-electron chi connectivity index (χ1n) is 10.9. The van der Waals surface area contributed by atoms with E-state index in [-0.39, 0.29) is 5.75 Å². The maximum absolute atomic E-state index is 12.9. The first kappa shape index (κ1) is 24.3. The average molecular weight is 476 g/mol. The lowest BCUT2D eigenvalue weighted by atomic mass is 10.1. The largest absolute Gasteiger partial charge is 0.358 e. The summed E-state index contributed by atoms with van der Waals surface area (Å²) in [6.07, 6.45) is 1.76. The molecule has 2 aromatic carbocycles. The number of hydrogen-bond donors (Lipinski definition) is 1. The van der Waals surface area contributed by atoms with Crippen molar-refractivity contribution in [3.63, 3.8) is 0 Å². The van der Waals surface area contributed by atoms with Crippen LogP contribution in [0.25, 0.3) is 11.3 Å². The van der Waals surface area contributed by atoms with Crippen molar-refractivity contribution in [1.82, 2.24) is 10.1 Å². The van der Waals surface area contributed by atoms with Crippen molar-refractivity contribution in [1.29, 1.82) is 0 Å². The smallest absolute Gasteiger partial charge is 0.232 e. The Hall–Kier alpha value is -2.35. The predicted molar refractivity (Wildman–Crippen MR) is 131 cm³/mol. The zero-order valence-electron chi connectivity index (χ0n) is 18.6. The molecule has 0 amide bonds. The van der Waals surface area contributed by atoms with Gasteiger partial charge >= 0.3 is 0 Å². The van der Waals surface area contributed by atoms with Crippen LogP contribution in [0.1, 0.15) is 31.6 Å². The second-order valence-electron chi connectivity index (χ2n) is 7.60. The number of nitrogens with zero attached hydrogens (tertiary/aromatic N) is 2. The van der Waals surface area contributed by atoms with Crippen LogP contribution in [0.4, 0.5) is 5.69 Å². The summed E-state index contributed by atoms with van der Waals surface area (Å²) < 4.78 is 34.2. The zero-order chi connectivity index (χ0) is 23.0. The predicted octanol–water partition coefficient (Wildman–Crippen LogP) is 5.25. The highest BCUT2D eigenvalue weighted by Gasteiger charge is 2.23. The Morgan fingerprint density at radius 1 is 1.00 bits per heavy atom. The molecule has 0 saturated carbocycles. The number of halogens is 1. The van der Waals surface area contributed by atoms with Crippen molar-refractivity contribution < 1.29 is 12.9 Å². The molecule has 0 radical (unpaired) electrons. The molecule has 8 heteroatoms. The number of hydrogen-bond acceptors (Lipinski definition) is 5. The Balaban J connectivity index is 1.83. The Labute approximate surface area is 195 Å². The molecule has 1 heterocycles. The first-order chi connectivity index (χ1) is 15.4. The number of rotatable bonds is 12. The summed E-state index contributed by atoms with van der Waals surface area (Å²) in [6, 6.07) is 17.2. The zero-order valence-corrected chi connectivity index (χ0v) is 20.1. The second-order valence-corrected chi connectivity index (χ2v) is 9.85. The second kappa shape index (κ2) is 11.5. The summed E-state index contributed by atoms with van der Waals surface area (Å²) in [6.45, 7) is 6.67. The van der Waals surface area contributed by atoms with Crippen LogP contribution in [0.3, 0.4) is 0 Å². The van der Waals surface area contributed by atoms with Gasteiger partial charge in [0, 0.05) is 12.0 Å². The molecule has 32 heavy (non-hydrogen) atoms. The molecule has 0 spiro atoms. The van der Waals surface area contributed by atoms with Crippen LogP contribution >= 0.6 is 11.6 Å². The fourth-order valence-corrected chi connectivity index (χ4v) is 4.92. The van der Waals surface area contributed by atoms with E-state index in [2.05, 4.69) is 28.6 Å². The lowest BCUT2D eigenvalue weighted by Gasteiger charge is -2.17. The SMILES string of the molecule is CCN(CC)CCCS(=O)(=O)Nc1c(-c2ccccc2Cl)noc1CCc1ccccc1. The van der Waals surface area contributed by atoms with Crippen LogP contribution in [-0.2, 0) is 22.9 Å². The highest BCUT2D eigenvalue weighted by molar-refractivity contribution is 7.92. The normalized spacial score (nSPS) is 11.8. The molecule has 0 aliphatic heterocycles. The molecular weight excluding hydrogens is 446 g/mol. The number of anilines is 1. The highest BCUT2D eigenvalue weighted by Crippen LogP contribution is 2.36. The van der Waals surface area contributed by atoms with Crippen molar-refractivity contribution in [2.24, 2.45) is 0 Å². The van der Waals surface area contributed by atoms with E-state index in [4.69, 9.17) is 16.1 Å². The minimum Gasteiger partial charge on any atom is -0.358 e. The van der Waals surface area contributed by atoms with Gasteiger partial charge < -0.3 is 9.42 Å². The Kier molecular flexibility index (Phi) is 8.73. The molecule has 0 atom stereocenters. The van der Waals surface area contributed by atoms with Crippen molar-refractivity contribution in [2.75, 3.05) is 30.1 Å². The van der Waals surface area contributed by atoms with Crippen molar-refractivity contribution in [2.45, 2.75) is 33.1 Å². The van der Waals surface area contributed by atoms with Gasteiger partial charge in [0.2, 0.25) is 10.0 Å². The minimum atomic E-state index is -3.59. The topological polar surface area (TPSA) is 75.4 Å². The van der Waals surface area contributed by atoms with E-state index in [1.165, 1.54) is 0 Å². The average Bonchev–Trinajstić information content (AvgIpc) is 3.17. The number of benzene rings is 2. The molecule has 0 unspecified atom stereocenters. The maximum Gasteiger partial charge on any atom is 0.232 e. The molecule has 0 bridgehead atoms. The van der Waals surface area contributed by atoms with Gasteiger partial charge in [0.1, 0.15) is 11.4 Å². The molecule has 0 saturated heterocycles. The number of sulfonamides is 1. The fraction of sp³-hybridized carbons (Fsp3) is 0.375. The van der Waals surface area contributed by atoms with E-state index in [0.29, 0.717) is 47.0 Å². The van der Waals surface area contributed by atoms with Gasteiger partial charge in [-0.25, -0.2) is 8.42 Å². The molecule has 0 aliphatic rings. The third-order valence-electron chi connectivity index (χ3n) is 5.41. The van der Waals surface area contributed by atoms with E-state index < -0.39 is 10.0 Å². The maximum atomic E-state index is 12.9. The van der Waals surface area contributed by atoms with E-state index in [0.717, 1.165) is 25.2 Å². The number of nitrogens with one attached hydrogen (secondary N) is 1. The van der Waals surface area contributed by atoms with E-state index >= 15 is 0 Å². The van der Waals surface area contributed by atoms with Gasteiger partial charge in [-0.15, -0.1) is 0 Å². The molecular formula is C24H30ClN3O3S. The molecule has 3 rings (SSSR count). The van der Waals surface area contributed by atoms with Gasteiger partial charge in [-0.3, -0.25) is 4.72 Å². The van der Waals surface area contributed by atoms with E-state index in [9.17, 15) is 8.42 Å². The first-order valence-corrected chi connectivity index (χ1v) is 13.0. The van der Waals surface area contributed by atoms with Gasteiger partial charge in [-0.2, -0.15) is 0 Å². The minimum absolute atomic E-state index is 0.0226. The van der Waals surface area contributed by atoms with Crippen LogP contribution in [-0.4, -0.2) is 43.9 Å². The van der Waals surface area contributed by atoms with Gasteiger partial charge in [0.05, 0.1) is 10.8 Å². The lowest BCUT2D eigenvalue weighted by molar-refractivity contribution is 0.305. The summed E-state index contributed by atoms with van der Waals surface area (Å²) in [5, 5.41) is 4.67. The van der Waals surface area contributed by atoms with Crippen LogP contribution in [0.2, 0.25) is 5.02 Å². The summed E-state index contributed by atoms with van der Waals surface area (Å²) >= 11 is 6.37.